The quantitative estimate of drug-likeness (QED) is 0.186. The minimum atomic E-state index is -0.993. The van der Waals surface area contributed by atoms with Gasteiger partial charge in [-0.2, -0.15) is 0 Å². The Morgan fingerprint density at radius 2 is 1.52 bits per heavy atom. The van der Waals surface area contributed by atoms with E-state index in [2.05, 4.69) is 25.5 Å². The minimum Gasteiger partial charge on any atom is -0.457 e. The van der Waals surface area contributed by atoms with Crippen LogP contribution in [0.1, 0.15) is 52.0 Å². The predicted octanol–water partition coefficient (Wildman–Crippen LogP) is 2.83. The van der Waals surface area contributed by atoms with Gasteiger partial charge >= 0.3 is 6.03 Å². The summed E-state index contributed by atoms with van der Waals surface area (Å²) in [6, 6.07) is 21.2. The van der Waals surface area contributed by atoms with E-state index in [4.69, 9.17) is 15.9 Å². The molecular formula is C42H44N10O6. The molecule has 3 aromatic rings. The third kappa shape index (κ3) is 6.97. The first-order valence-corrected chi connectivity index (χ1v) is 19.8. The molecule has 0 radical (unpaired) electrons. The fourth-order valence-electron chi connectivity index (χ4n) is 8.77. The largest absolute Gasteiger partial charge is 0.457 e. The van der Waals surface area contributed by atoms with Crippen LogP contribution in [-0.4, -0.2) is 120 Å². The Morgan fingerprint density at radius 1 is 0.828 bits per heavy atom. The van der Waals surface area contributed by atoms with E-state index < -0.39 is 41.8 Å². The Hall–Kier alpha value is -6.42. The standard InChI is InChI=1S/C42H44N10O6/c43-36(24-6-9-30(10-7-24)58-29-4-2-1-3-5-29)35-37(44)45-23-46-38(35)47-27-14-16-49(17-15-27)42(57)51-21-26(22-51)25-19-50(20-25)28-8-11-31-32(18-28)41(56)52(40(31)55)33-12-13-34(53)48-39(33)54/h1-11,18,23,25-27,33,35,38,43,47H,12-17,19-22H2,(H2,44,45,46)(H,48,53,54). The molecular weight excluding hydrogens is 741 g/mol. The first-order chi connectivity index (χ1) is 28.1. The summed E-state index contributed by atoms with van der Waals surface area (Å²) < 4.78 is 5.91. The molecule has 58 heavy (non-hydrogen) atoms. The highest BCUT2D eigenvalue weighted by atomic mass is 16.5. The van der Waals surface area contributed by atoms with Gasteiger partial charge < -0.3 is 30.6 Å². The van der Waals surface area contributed by atoms with Crippen molar-refractivity contribution in [3.05, 3.63) is 89.5 Å². The van der Waals surface area contributed by atoms with Crippen molar-refractivity contribution in [3.8, 4) is 11.5 Å². The summed E-state index contributed by atoms with van der Waals surface area (Å²) >= 11 is 0. The van der Waals surface area contributed by atoms with Crippen molar-refractivity contribution < 1.29 is 28.7 Å². The topological polar surface area (TPSA) is 206 Å². The van der Waals surface area contributed by atoms with Gasteiger partial charge in [-0.25, -0.2) is 9.79 Å². The number of carbonyl (C=O) groups excluding carboxylic acids is 5. The molecule has 0 bridgehead atoms. The summed E-state index contributed by atoms with van der Waals surface area (Å²) in [4.78, 5) is 79.6. The molecule has 298 valence electrons. The van der Waals surface area contributed by atoms with E-state index in [1.54, 1.807) is 12.1 Å². The second kappa shape index (κ2) is 15.2. The number of anilines is 1. The number of piperidine rings is 2. The van der Waals surface area contributed by atoms with Crippen LogP contribution in [0.15, 0.2) is 82.8 Å². The molecule has 6 amide bonds. The molecule has 9 rings (SSSR count). The van der Waals surface area contributed by atoms with Crippen molar-refractivity contribution >= 4 is 53.2 Å². The molecule has 4 fully saturated rings. The lowest BCUT2D eigenvalue weighted by molar-refractivity contribution is -0.136. The number of nitrogens with zero attached hydrogens (tertiary/aromatic N) is 6. The summed E-state index contributed by atoms with van der Waals surface area (Å²) in [7, 11) is 0. The average Bonchev–Trinajstić information content (AvgIpc) is 3.43. The van der Waals surface area contributed by atoms with Crippen LogP contribution in [-0.2, 0) is 9.59 Å². The third-order valence-electron chi connectivity index (χ3n) is 12.2. The number of likely N-dealkylation sites (tertiary alicyclic amines) is 2. The van der Waals surface area contributed by atoms with Crippen molar-refractivity contribution in [1.29, 1.82) is 5.41 Å². The van der Waals surface area contributed by atoms with Gasteiger partial charge in [0.25, 0.3) is 11.8 Å². The maximum absolute atomic E-state index is 13.5. The monoisotopic (exact) mass is 784 g/mol. The van der Waals surface area contributed by atoms with Crippen molar-refractivity contribution in [3.63, 3.8) is 0 Å². The van der Waals surface area contributed by atoms with Gasteiger partial charge in [0.15, 0.2) is 0 Å². The van der Waals surface area contributed by atoms with Gasteiger partial charge in [-0.3, -0.25) is 39.7 Å². The summed E-state index contributed by atoms with van der Waals surface area (Å²) in [6.07, 6.45) is 2.67. The van der Waals surface area contributed by atoms with Gasteiger partial charge in [0, 0.05) is 69.3 Å². The van der Waals surface area contributed by atoms with Crippen molar-refractivity contribution in [2.75, 3.05) is 44.2 Å². The Bertz CT molecular complexity index is 2230. The number of carbonyl (C=O) groups is 5. The van der Waals surface area contributed by atoms with Gasteiger partial charge in [0.1, 0.15) is 35.9 Å². The number of hydrogen-bond acceptors (Lipinski definition) is 12. The van der Waals surface area contributed by atoms with Gasteiger partial charge in [0.2, 0.25) is 11.8 Å². The summed E-state index contributed by atoms with van der Waals surface area (Å²) in [6.45, 7) is 4.19. The molecule has 0 aromatic heterocycles. The smallest absolute Gasteiger partial charge is 0.320 e. The molecule has 0 aliphatic carbocycles. The molecule has 16 heteroatoms. The SMILES string of the molecule is N=C(c1ccc(Oc2ccccc2)cc1)C1C(N)=NC=NC1NC1CCN(C(=O)N2CC(C3CN(c4ccc5c(c4)C(=O)N(C4CCC(=O)NC4=O)C5=O)C3)C2)CC1. The van der Waals surface area contributed by atoms with E-state index in [1.807, 2.05) is 70.5 Å². The molecule has 0 saturated carbocycles. The second-order valence-corrected chi connectivity index (χ2v) is 15.8. The number of rotatable bonds is 9. The Kier molecular flexibility index (Phi) is 9.71. The molecule has 4 saturated heterocycles. The molecule has 6 heterocycles. The number of nitrogens with one attached hydrogen (secondary N) is 3. The van der Waals surface area contributed by atoms with Crippen LogP contribution in [0.4, 0.5) is 10.5 Å². The number of benzene rings is 3. The second-order valence-electron chi connectivity index (χ2n) is 15.8. The predicted molar refractivity (Wildman–Crippen MR) is 214 cm³/mol. The zero-order valence-electron chi connectivity index (χ0n) is 31.8. The maximum Gasteiger partial charge on any atom is 0.320 e. The van der Waals surface area contributed by atoms with Crippen molar-refractivity contribution in [2.45, 2.75) is 43.9 Å². The number of hydrogen-bond donors (Lipinski definition) is 4. The van der Waals surface area contributed by atoms with Crippen LogP contribution in [0.25, 0.3) is 0 Å². The van der Waals surface area contributed by atoms with E-state index in [-0.39, 0.29) is 36.0 Å². The average molecular weight is 785 g/mol. The Morgan fingerprint density at radius 3 is 2.24 bits per heavy atom. The zero-order valence-corrected chi connectivity index (χ0v) is 31.8. The molecule has 0 spiro atoms. The number of imide groups is 2. The van der Waals surface area contributed by atoms with Gasteiger partial charge in [-0.05, 0) is 79.4 Å². The number of para-hydroxylation sites is 1. The lowest BCUT2D eigenvalue weighted by Crippen LogP contribution is -2.63. The number of fused-ring (bicyclic) bond motifs is 1. The number of urea groups is 1. The summed E-state index contributed by atoms with van der Waals surface area (Å²) in [5.74, 6) is -0.0876. The van der Waals surface area contributed by atoms with E-state index >= 15 is 0 Å². The van der Waals surface area contributed by atoms with Crippen LogP contribution in [0.5, 0.6) is 11.5 Å². The molecule has 6 aliphatic heterocycles. The van der Waals surface area contributed by atoms with Crippen LogP contribution >= 0.6 is 0 Å². The number of nitrogens with two attached hydrogens (primary N) is 1. The van der Waals surface area contributed by atoms with Crippen molar-refractivity contribution in [2.24, 2.45) is 33.5 Å². The fourth-order valence-corrected chi connectivity index (χ4v) is 8.77. The first-order valence-electron chi connectivity index (χ1n) is 19.8. The Labute approximate surface area is 334 Å². The normalized spacial score (nSPS) is 23.9. The molecule has 16 nitrogen and oxygen atoms in total. The highest BCUT2D eigenvalue weighted by Gasteiger charge is 2.46. The molecule has 6 aliphatic rings. The summed E-state index contributed by atoms with van der Waals surface area (Å²) in [5.41, 5.74) is 8.75. The van der Waals surface area contributed by atoms with Crippen LogP contribution < -0.4 is 26.0 Å². The highest BCUT2D eigenvalue weighted by molar-refractivity contribution is 6.23. The van der Waals surface area contributed by atoms with Gasteiger partial charge in [-0.15, -0.1) is 0 Å². The zero-order chi connectivity index (χ0) is 40.1. The number of ether oxygens (including phenoxy) is 1. The molecule has 3 atom stereocenters. The number of amides is 6. The first kappa shape index (κ1) is 37.2. The van der Waals surface area contributed by atoms with E-state index in [1.165, 1.54) is 6.34 Å². The lowest BCUT2D eigenvalue weighted by atomic mass is 9.80. The van der Waals surface area contributed by atoms with Gasteiger partial charge in [-0.1, -0.05) is 18.2 Å². The van der Waals surface area contributed by atoms with Crippen LogP contribution in [0, 0.1) is 23.2 Å². The van der Waals surface area contributed by atoms with E-state index in [0.29, 0.717) is 60.9 Å². The number of aliphatic imine (C=N–C) groups is 2. The van der Waals surface area contributed by atoms with Crippen LogP contribution in [0.3, 0.4) is 0 Å². The van der Waals surface area contributed by atoms with Gasteiger partial charge in [0.05, 0.1) is 22.8 Å². The molecule has 3 unspecified atom stereocenters. The molecule has 3 aromatic carbocycles. The van der Waals surface area contributed by atoms with Crippen LogP contribution in [0.2, 0.25) is 0 Å². The third-order valence-corrected chi connectivity index (χ3v) is 12.2. The fraction of sp³-hybridized carbons (Fsp3) is 0.381. The maximum atomic E-state index is 13.5. The van der Waals surface area contributed by atoms with E-state index in [9.17, 15) is 24.0 Å². The number of amidine groups is 1. The minimum absolute atomic E-state index is 0.0552. The lowest BCUT2D eigenvalue weighted by Gasteiger charge is -2.52. The van der Waals surface area contributed by atoms with Crippen molar-refractivity contribution in [1.82, 2.24) is 25.3 Å². The Balaban J connectivity index is 0.727. The summed E-state index contributed by atoms with van der Waals surface area (Å²) in [5, 5.41) is 14.9. The highest BCUT2D eigenvalue weighted by Crippen LogP contribution is 2.37. The molecule has 5 N–H and O–H groups in total. The van der Waals surface area contributed by atoms with E-state index in [0.717, 1.165) is 42.3 Å².